The highest BCUT2D eigenvalue weighted by Gasteiger charge is 2.30. The number of carbonyl (C=O) groups excluding carboxylic acids is 2. The van der Waals surface area contributed by atoms with Gasteiger partial charge in [0.2, 0.25) is 0 Å². The monoisotopic (exact) mass is 433 g/mol. The maximum atomic E-state index is 12.3. The molecule has 0 saturated heterocycles. The molecule has 8 heteroatoms. The van der Waals surface area contributed by atoms with Crippen LogP contribution in [0.2, 0.25) is 0 Å². The molecule has 2 amide bonds. The molecule has 1 rings (SSSR count). The molecule has 0 saturated carbocycles. The Labute approximate surface area is 186 Å². The summed E-state index contributed by atoms with van der Waals surface area (Å²) >= 11 is 0. The van der Waals surface area contributed by atoms with Gasteiger partial charge in [0.1, 0.15) is 5.60 Å². The van der Waals surface area contributed by atoms with Crippen LogP contribution in [-0.2, 0) is 11.3 Å². The van der Waals surface area contributed by atoms with Crippen molar-refractivity contribution in [2.24, 2.45) is 4.99 Å². The van der Waals surface area contributed by atoms with E-state index in [9.17, 15) is 9.59 Å². The molecule has 0 aliphatic heterocycles. The summed E-state index contributed by atoms with van der Waals surface area (Å²) in [5.41, 5.74) is 0.523. The molecule has 4 N–H and O–H groups in total. The number of hydrogen-bond acceptors (Lipinski definition) is 4. The molecule has 1 aromatic carbocycles. The number of rotatable bonds is 9. The Hall–Kier alpha value is -2.77. The Morgan fingerprint density at radius 1 is 1.06 bits per heavy atom. The first-order valence-corrected chi connectivity index (χ1v) is 10.9. The second-order valence-corrected chi connectivity index (χ2v) is 8.44. The minimum Gasteiger partial charge on any atom is -0.444 e. The van der Waals surface area contributed by atoms with Gasteiger partial charge < -0.3 is 26.0 Å². The lowest BCUT2D eigenvalue weighted by Gasteiger charge is -2.34. The van der Waals surface area contributed by atoms with Gasteiger partial charge in [-0.2, -0.15) is 0 Å². The molecule has 0 atom stereocenters. The molecule has 174 valence electrons. The van der Waals surface area contributed by atoms with Crippen molar-refractivity contribution < 1.29 is 14.3 Å². The summed E-state index contributed by atoms with van der Waals surface area (Å²) in [6.45, 7) is 13.2. The fourth-order valence-corrected chi connectivity index (χ4v) is 2.96. The average molecular weight is 434 g/mol. The minimum absolute atomic E-state index is 0.125. The Kier molecular flexibility index (Phi) is 10.3. The van der Waals surface area contributed by atoms with Gasteiger partial charge in [-0.1, -0.05) is 26.0 Å². The van der Waals surface area contributed by atoms with Crippen LogP contribution in [0.15, 0.2) is 29.3 Å². The van der Waals surface area contributed by atoms with Gasteiger partial charge >= 0.3 is 6.09 Å². The number of hydrogen-bond donors (Lipinski definition) is 4. The highest BCUT2D eigenvalue weighted by Crippen LogP contribution is 2.16. The quantitative estimate of drug-likeness (QED) is 0.354. The highest BCUT2D eigenvalue weighted by molar-refractivity contribution is 5.94. The van der Waals surface area contributed by atoms with Gasteiger partial charge in [0, 0.05) is 25.7 Å². The Balaban J connectivity index is 2.88. The number of nitrogens with zero attached hydrogens (tertiary/aromatic N) is 1. The molecule has 8 nitrogen and oxygen atoms in total. The van der Waals surface area contributed by atoms with E-state index in [1.54, 1.807) is 13.1 Å². The molecule has 0 heterocycles. The molecular formula is C23H39N5O3. The van der Waals surface area contributed by atoms with Gasteiger partial charge in [0.05, 0.1) is 12.1 Å². The van der Waals surface area contributed by atoms with Crippen LogP contribution in [0.4, 0.5) is 4.79 Å². The Morgan fingerprint density at radius 2 is 1.74 bits per heavy atom. The van der Waals surface area contributed by atoms with Gasteiger partial charge in [-0.25, -0.2) is 9.79 Å². The topological polar surface area (TPSA) is 104 Å². The van der Waals surface area contributed by atoms with Crippen molar-refractivity contribution in [1.29, 1.82) is 0 Å². The third-order valence-corrected chi connectivity index (χ3v) is 4.89. The summed E-state index contributed by atoms with van der Waals surface area (Å²) in [6.07, 6.45) is 1.05. The van der Waals surface area contributed by atoms with Crippen LogP contribution in [0.3, 0.4) is 0 Å². The number of aliphatic imine (C=N–C) groups is 1. The van der Waals surface area contributed by atoms with Crippen molar-refractivity contribution >= 4 is 18.0 Å². The smallest absolute Gasteiger partial charge is 0.408 e. The molecule has 0 aliphatic rings. The third kappa shape index (κ3) is 9.27. The minimum atomic E-state index is -0.551. The number of amides is 2. The van der Waals surface area contributed by atoms with E-state index >= 15 is 0 Å². The predicted octanol–water partition coefficient (Wildman–Crippen LogP) is 3.18. The van der Waals surface area contributed by atoms with E-state index in [-0.39, 0.29) is 5.91 Å². The SMILES string of the molecule is CCNC(=NCc1cccc(C(=O)NC)c1)NCC(CC)(CC)NC(=O)OC(C)(C)C. The molecule has 0 fully saturated rings. The third-order valence-electron chi connectivity index (χ3n) is 4.89. The van der Waals surface area contributed by atoms with Crippen molar-refractivity contribution in [2.75, 3.05) is 20.1 Å². The van der Waals surface area contributed by atoms with Crippen LogP contribution < -0.4 is 21.3 Å². The van der Waals surface area contributed by atoms with Crippen molar-refractivity contribution in [1.82, 2.24) is 21.3 Å². The molecule has 0 spiro atoms. The molecular weight excluding hydrogens is 394 g/mol. The Morgan fingerprint density at radius 3 is 2.29 bits per heavy atom. The number of alkyl carbamates (subject to hydrolysis) is 1. The second kappa shape index (κ2) is 12.2. The first kappa shape index (κ1) is 26.3. The molecule has 31 heavy (non-hydrogen) atoms. The number of guanidine groups is 1. The fraction of sp³-hybridized carbons (Fsp3) is 0.609. The van der Waals surface area contributed by atoms with Crippen LogP contribution in [-0.4, -0.2) is 49.2 Å². The van der Waals surface area contributed by atoms with Crippen molar-refractivity contribution in [3.63, 3.8) is 0 Å². The number of carbonyl (C=O) groups is 2. The predicted molar refractivity (Wildman–Crippen MR) is 125 cm³/mol. The number of ether oxygens (including phenoxy) is 1. The molecule has 0 unspecified atom stereocenters. The van der Waals surface area contributed by atoms with Crippen LogP contribution in [0.1, 0.15) is 70.3 Å². The molecule has 1 aromatic rings. The van der Waals surface area contributed by atoms with E-state index in [2.05, 4.69) is 26.3 Å². The summed E-state index contributed by atoms with van der Waals surface area (Å²) < 4.78 is 5.44. The van der Waals surface area contributed by atoms with Gasteiger partial charge in [-0.05, 0) is 58.2 Å². The molecule has 0 bridgehead atoms. The molecule has 0 radical (unpaired) electrons. The second-order valence-electron chi connectivity index (χ2n) is 8.44. The lowest BCUT2D eigenvalue weighted by Crippen LogP contribution is -2.57. The van der Waals surface area contributed by atoms with E-state index in [1.807, 2.05) is 59.7 Å². The molecule has 0 aromatic heterocycles. The van der Waals surface area contributed by atoms with E-state index in [0.717, 1.165) is 18.4 Å². The standard InChI is InChI=1S/C23H39N5O3/c1-8-23(9-2,28-21(30)31-22(4,5)6)16-27-20(25-10-3)26-15-17-12-11-13-18(14-17)19(29)24-7/h11-14H,8-10,15-16H2,1-7H3,(H,24,29)(H,28,30)(H2,25,26,27). The van der Waals surface area contributed by atoms with Crippen molar-refractivity contribution in [3.05, 3.63) is 35.4 Å². The van der Waals surface area contributed by atoms with Gasteiger partial charge in [-0.3, -0.25) is 4.79 Å². The summed E-state index contributed by atoms with van der Waals surface area (Å²) in [7, 11) is 1.61. The van der Waals surface area contributed by atoms with Crippen LogP contribution in [0.5, 0.6) is 0 Å². The average Bonchev–Trinajstić information content (AvgIpc) is 2.73. The van der Waals surface area contributed by atoms with Gasteiger partial charge in [-0.15, -0.1) is 0 Å². The number of benzene rings is 1. The first-order valence-electron chi connectivity index (χ1n) is 10.9. The maximum Gasteiger partial charge on any atom is 0.408 e. The van der Waals surface area contributed by atoms with Crippen LogP contribution in [0, 0.1) is 0 Å². The maximum absolute atomic E-state index is 12.3. The zero-order valence-corrected chi connectivity index (χ0v) is 20.0. The lowest BCUT2D eigenvalue weighted by atomic mass is 9.93. The van der Waals surface area contributed by atoms with E-state index in [1.165, 1.54) is 0 Å². The zero-order chi connectivity index (χ0) is 23.5. The normalized spacial score (nSPS) is 12.2. The Bertz CT molecular complexity index is 752. The van der Waals surface area contributed by atoms with Crippen LogP contribution >= 0.6 is 0 Å². The first-order chi connectivity index (χ1) is 14.6. The summed E-state index contributed by atoms with van der Waals surface area (Å²) in [5, 5.41) is 12.2. The fourth-order valence-electron chi connectivity index (χ4n) is 2.96. The van der Waals surface area contributed by atoms with Gasteiger partial charge in [0.25, 0.3) is 5.91 Å². The summed E-state index contributed by atoms with van der Waals surface area (Å²) in [6, 6.07) is 7.39. The lowest BCUT2D eigenvalue weighted by molar-refractivity contribution is 0.0448. The van der Waals surface area contributed by atoms with E-state index in [0.29, 0.717) is 31.2 Å². The number of nitrogens with one attached hydrogen (secondary N) is 4. The largest absolute Gasteiger partial charge is 0.444 e. The van der Waals surface area contributed by atoms with Crippen LogP contribution in [0.25, 0.3) is 0 Å². The van der Waals surface area contributed by atoms with Gasteiger partial charge in [0.15, 0.2) is 5.96 Å². The van der Waals surface area contributed by atoms with Crippen molar-refractivity contribution in [2.45, 2.75) is 72.1 Å². The highest BCUT2D eigenvalue weighted by atomic mass is 16.6. The van der Waals surface area contributed by atoms with E-state index < -0.39 is 17.2 Å². The zero-order valence-electron chi connectivity index (χ0n) is 20.0. The summed E-state index contributed by atoms with van der Waals surface area (Å²) in [5.74, 6) is 0.518. The van der Waals surface area contributed by atoms with Crippen molar-refractivity contribution in [3.8, 4) is 0 Å². The molecule has 0 aliphatic carbocycles. The van der Waals surface area contributed by atoms with E-state index in [4.69, 9.17) is 4.74 Å². The summed E-state index contributed by atoms with van der Waals surface area (Å²) in [4.78, 5) is 28.8.